The van der Waals surface area contributed by atoms with Gasteiger partial charge in [0.2, 0.25) is 0 Å². The van der Waals surface area contributed by atoms with Crippen LogP contribution in [0.4, 0.5) is 0 Å². The maximum absolute atomic E-state index is 12.2. The Kier molecular flexibility index (Phi) is 6.81. The zero-order chi connectivity index (χ0) is 16.9. The van der Waals surface area contributed by atoms with Crippen LogP contribution >= 0.6 is 0 Å². The molecule has 0 aliphatic carbocycles. The normalized spacial score (nSPS) is 31.3. The zero-order valence-corrected chi connectivity index (χ0v) is 13.9. The van der Waals surface area contributed by atoms with E-state index >= 15 is 0 Å². The average molecular weight is 316 g/mol. The first-order valence-electron chi connectivity index (χ1n) is 7.88. The highest BCUT2D eigenvalue weighted by Gasteiger charge is 2.32. The summed E-state index contributed by atoms with van der Waals surface area (Å²) in [6.07, 6.45) is -0.516. The van der Waals surface area contributed by atoms with Crippen LogP contribution in [-0.4, -0.2) is 46.1 Å². The molecule has 1 aliphatic rings. The first-order valence-corrected chi connectivity index (χ1v) is 7.88. The van der Waals surface area contributed by atoms with E-state index in [0.717, 1.165) is 0 Å². The van der Waals surface area contributed by atoms with Crippen molar-refractivity contribution in [2.75, 3.05) is 0 Å². The highest BCUT2D eigenvalue weighted by atomic mass is 16.6. The van der Waals surface area contributed by atoms with Crippen LogP contribution in [0.2, 0.25) is 0 Å². The second kappa shape index (κ2) is 7.92. The van der Waals surface area contributed by atoms with Crippen LogP contribution in [0.3, 0.4) is 0 Å². The number of carbonyl (C=O) groups excluding carboxylic acids is 2. The van der Waals surface area contributed by atoms with Gasteiger partial charge in [-0.1, -0.05) is 12.8 Å². The van der Waals surface area contributed by atoms with Crippen molar-refractivity contribution in [1.29, 1.82) is 0 Å². The quantitative estimate of drug-likeness (QED) is 0.751. The monoisotopic (exact) mass is 316 g/mol. The molecule has 6 nitrogen and oxygen atoms in total. The number of ether oxygens (including phenoxy) is 2. The van der Waals surface area contributed by atoms with Gasteiger partial charge in [-0.15, -0.1) is 0 Å². The lowest BCUT2D eigenvalue weighted by atomic mass is 9.94. The number of aliphatic hydroxyl groups is 2. The molecule has 0 aromatic rings. The third-order valence-corrected chi connectivity index (χ3v) is 3.65. The van der Waals surface area contributed by atoms with Crippen molar-refractivity contribution in [3.8, 4) is 0 Å². The summed E-state index contributed by atoms with van der Waals surface area (Å²) < 4.78 is 10.4. The summed E-state index contributed by atoms with van der Waals surface area (Å²) in [5, 5.41) is 19.7. The second-order valence-corrected chi connectivity index (χ2v) is 6.97. The van der Waals surface area contributed by atoms with Gasteiger partial charge in [-0.3, -0.25) is 9.59 Å². The van der Waals surface area contributed by atoms with Gasteiger partial charge in [-0.2, -0.15) is 0 Å². The molecular formula is C16H28O6. The van der Waals surface area contributed by atoms with Crippen molar-refractivity contribution in [3.05, 3.63) is 0 Å². The fraction of sp³-hybridized carbons (Fsp3) is 0.875. The summed E-state index contributed by atoms with van der Waals surface area (Å²) in [6.45, 7) is 6.86. The standard InChI is InChI=1S/C16H28O6/c1-10-14(19)12(17)8-6-5-7-11(15(20)21-10)9-13(18)22-16(2,3)4/h10-12,14,17,19H,5-9H2,1-4H3/t10-,11+,12-,14-/m0/s1. The van der Waals surface area contributed by atoms with E-state index in [1.165, 1.54) is 6.92 Å². The number of aliphatic hydroxyl groups excluding tert-OH is 2. The van der Waals surface area contributed by atoms with E-state index in [1.807, 2.05) is 0 Å². The maximum Gasteiger partial charge on any atom is 0.309 e. The van der Waals surface area contributed by atoms with Crippen LogP contribution < -0.4 is 0 Å². The number of rotatable bonds is 2. The summed E-state index contributed by atoms with van der Waals surface area (Å²) in [7, 11) is 0. The Balaban J connectivity index is 2.69. The zero-order valence-electron chi connectivity index (χ0n) is 13.9. The van der Waals surface area contributed by atoms with Crippen LogP contribution in [0.5, 0.6) is 0 Å². The molecule has 0 radical (unpaired) electrons. The molecule has 22 heavy (non-hydrogen) atoms. The molecule has 1 aliphatic heterocycles. The van der Waals surface area contributed by atoms with Gasteiger partial charge >= 0.3 is 11.9 Å². The number of carbonyl (C=O) groups is 2. The molecule has 1 rings (SSSR count). The molecule has 4 atom stereocenters. The number of hydrogen-bond donors (Lipinski definition) is 2. The minimum Gasteiger partial charge on any atom is -0.460 e. The van der Waals surface area contributed by atoms with Gasteiger partial charge in [0.1, 0.15) is 17.8 Å². The minimum absolute atomic E-state index is 0.0263. The highest BCUT2D eigenvalue weighted by molar-refractivity contribution is 5.80. The summed E-state index contributed by atoms with van der Waals surface area (Å²) in [5.74, 6) is -1.52. The maximum atomic E-state index is 12.2. The Labute approximate surface area is 131 Å². The molecule has 1 fully saturated rings. The van der Waals surface area contributed by atoms with Gasteiger partial charge in [0.25, 0.3) is 0 Å². The van der Waals surface area contributed by atoms with Crippen molar-refractivity contribution in [2.24, 2.45) is 5.92 Å². The topological polar surface area (TPSA) is 93.1 Å². The summed E-state index contributed by atoms with van der Waals surface area (Å²) >= 11 is 0. The molecule has 6 heteroatoms. The average Bonchev–Trinajstić information content (AvgIpc) is 2.37. The molecule has 1 saturated heterocycles. The van der Waals surface area contributed by atoms with Gasteiger partial charge in [-0.25, -0.2) is 0 Å². The third kappa shape index (κ3) is 6.32. The van der Waals surface area contributed by atoms with Gasteiger partial charge in [0.15, 0.2) is 0 Å². The van der Waals surface area contributed by atoms with Crippen LogP contribution in [-0.2, 0) is 19.1 Å². The first-order chi connectivity index (χ1) is 10.1. The smallest absolute Gasteiger partial charge is 0.309 e. The molecule has 0 amide bonds. The lowest BCUT2D eigenvalue weighted by Crippen LogP contribution is -2.40. The highest BCUT2D eigenvalue weighted by Crippen LogP contribution is 2.23. The molecule has 0 aromatic heterocycles. The van der Waals surface area contributed by atoms with Crippen LogP contribution in [0, 0.1) is 5.92 Å². The number of cyclic esters (lactones) is 1. The van der Waals surface area contributed by atoms with Gasteiger partial charge < -0.3 is 19.7 Å². The van der Waals surface area contributed by atoms with E-state index in [-0.39, 0.29) is 6.42 Å². The Morgan fingerprint density at radius 2 is 1.86 bits per heavy atom. The predicted octanol–water partition coefficient (Wildman–Crippen LogP) is 1.56. The molecule has 0 unspecified atom stereocenters. The van der Waals surface area contributed by atoms with E-state index in [1.54, 1.807) is 20.8 Å². The molecule has 128 valence electrons. The van der Waals surface area contributed by atoms with Crippen molar-refractivity contribution in [1.82, 2.24) is 0 Å². The first kappa shape index (κ1) is 18.9. The molecule has 0 aromatic carbocycles. The number of esters is 2. The van der Waals surface area contributed by atoms with Crippen LogP contribution in [0.1, 0.15) is 59.8 Å². The molecular weight excluding hydrogens is 288 g/mol. The van der Waals surface area contributed by atoms with Crippen molar-refractivity contribution in [2.45, 2.75) is 83.7 Å². The fourth-order valence-electron chi connectivity index (χ4n) is 2.46. The summed E-state index contributed by atoms with van der Waals surface area (Å²) in [4.78, 5) is 24.1. The summed E-state index contributed by atoms with van der Waals surface area (Å²) in [5.41, 5.74) is -0.593. The van der Waals surface area contributed by atoms with Crippen molar-refractivity contribution in [3.63, 3.8) is 0 Å². The van der Waals surface area contributed by atoms with Gasteiger partial charge in [0, 0.05) is 0 Å². The van der Waals surface area contributed by atoms with Crippen LogP contribution in [0.15, 0.2) is 0 Å². The van der Waals surface area contributed by atoms with E-state index in [9.17, 15) is 19.8 Å². The SMILES string of the molecule is C[C@@H]1OC(=O)[C@@H](CC(=O)OC(C)(C)C)CCCC[C@H](O)[C@H]1O. The van der Waals surface area contributed by atoms with E-state index in [0.29, 0.717) is 25.7 Å². The second-order valence-electron chi connectivity index (χ2n) is 6.97. The predicted molar refractivity (Wildman–Crippen MR) is 80.0 cm³/mol. The Bertz CT molecular complexity index is 387. The molecule has 0 bridgehead atoms. The van der Waals surface area contributed by atoms with E-state index in [4.69, 9.17) is 9.47 Å². The van der Waals surface area contributed by atoms with Crippen LogP contribution in [0.25, 0.3) is 0 Å². The number of hydrogen-bond acceptors (Lipinski definition) is 6. The Morgan fingerprint density at radius 1 is 1.27 bits per heavy atom. The van der Waals surface area contributed by atoms with Crippen molar-refractivity contribution < 1.29 is 29.3 Å². The molecule has 1 heterocycles. The largest absolute Gasteiger partial charge is 0.460 e. The lowest BCUT2D eigenvalue weighted by molar-refractivity contribution is -0.170. The molecule has 0 spiro atoms. The molecule has 2 N–H and O–H groups in total. The van der Waals surface area contributed by atoms with Gasteiger partial charge in [-0.05, 0) is 40.5 Å². The Hall–Kier alpha value is -1.14. The lowest BCUT2D eigenvalue weighted by Gasteiger charge is -2.28. The van der Waals surface area contributed by atoms with E-state index < -0.39 is 41.8 Å². The minimum atomic E-state index is -1.11. The molecule has 0 saturated carbocycles. The van der Waals surface area contributed by atoms with Gasteiger partial charge in [0.05, 0.1) is 18.4 Å². The fourth-order valence-corrected chi connectivity index (χ4v) is 2.46. The van der Waals surface area contributed by atoms with Crippen molar-refractivity contribution >= 4 is 11.9 Å². The van der Waals surface area contributed by atoms with E-state index in [2.05, 4.69) is 0 Å². The summed E-state index contributed by atoms with van der Waals surface area (Å²) in [6, 6.07) is 0. The Morgan fingerprint density at radius 3 is 2.45 bits per heavy atom. The third-order valence-electron chi connectivity index (χ3n) is 3.65.